The molecule has 12 heteroatoms. The van der Waals surface area contributed by atoms with E-state index < -0.39 is 42.2 Å². The fourth-order valence-corrected chi connectivity index (χ4v) is 3.62. The van der Waals surface area contributed by atoms with E-state index >= 15 is 0 Å². The third-order valence-corrected chi connectivity index (χ3v) is 6.04. The van der Waals surface area contributed by atoms with Crippen molar-refractivity contribution in [2.75, 3.05) is 26.7 Å². The standard InChI is InChI=1S/C18H26N4O6.C4H8F2.C4H10/c1-28-18(27)20-9-14(24)22-7-6-12(10-2-3-10)15(22)17(26)19-8-13(23)16(25)21-11-4-5-11;1-3-4(2,5)6;1-4(2)3/h10-12,15H,2-9H2,1H3,(H,19,26)(H,20,27)(H,21,25);3H2,1-2H3;4H,1-3H3. The highest BCUT2D eigenvalue weighted by atomic mass is 19.3. The van der Waals surface area contributed by atoms with Crippen LogP contribution in [0.5, 0.6) is 0 Å². The Hall–Kier alpha value is -2.79. The molecule has 0 aromatic carbocycles. The van der Waals surface area contributed by atoms with Gasteiger partial charge < -0.3 is 25.6 Å². The van der Waals surface area contributed by atoms with Crippen LogP contribution in [0.2, 0.25) is 0 Å². The number of rotatable bonds is 9. The van der Waals surface area contributed by atoms with E-state index in [-0.39, 0.29) is 30.8 Å². The molecule has 0 radical (unpaired) electrons. The monoisotopic (exact) mass is 546 g/mol. The zero-order valence-electron chi connectivity index (χ0n) is 23.4. The molecule has 2 unspecified atom stereocenters. The molecule has 2 atom stereocenters. The minimum atomic E-state index is -2.46. The van der Waals surface area contributed by atoms with Crippen molar-refractivity contribution in [3.05, 3.63) is 0 Å². The Morgan fingerprint density at radius 3 is 1.97 bits per heavy atom. The summed E-state index contributed by atoms with van der Waals surface area (Å²) in [6, 6.07) is -0.629. The van der Waals surface area contributed by atoms with E-state index in [1.807, 2.05) is 0 Å². The molecule has 3 rings (SSSR count). The van der Waals surface area contributed by atoms with Crippen LogP contribution in [0.25, 0.3) is 0 Å². The van der Waals surface area contributed by atoms with Crippen LogP contribution in [-0.4, -0.2) is 79.2 Å². The van der Waals surface area contributed by atoms with E-state index in [0.717, 1.165) is 38.5 Å². The normalized spacial score (nSPS) is 20.3. The van der Waals surface area contributed by atoms with Gasteiger partial charge in [-0.25, -0.2) is 13.6 Å². The number of methoxy groups -OCH3 is 1. The number of alkyl carbamates (subject to hydrolysis) is 1. The quantitative estimate of drug-likeness (QED) is 0.381. The average molecular weight is 547 g/mol. The first-order chi connectivity index (χ1) is 17.7. The number of hydrogen-bond donors (Lipinski definition) is 3. The number of likely N-dealkylation sites (tertiary alicyclic amines) is 1. The van der Waals surface area contributed by atoms with E-state index in [0.29, 0.717) is 18.9 Å². The molecule has 1 saturated heterocycles. The van der Waals surface area contributed by atoms with E-state index in [1.54, 1.807) is 0 Å². The summed E-state index contributed by atoms with van der Waals surface area (Å²) in [6.07, 6.45) is 3.68. The fraction of sp³-hybridized carbons (Fsp3) is 0.808. The van der Waals surface area contributed by atoms with Crippen molar-refractivity contribution in [1.82, 2.24) is 20.9 Å². The third-order valence-electron chi connectivity index (χ3n) is 6.04. The molecule has 3 aliphatic rings. The Morgan fingerprint density at radius 2 is 1.53 bits per heavy atom. The maximum atomic E-state index is 12.8. The van der Waals surface area contributed by atoms with Gasteiger partial charge in [-0.15, -0.1) is 0 Å². The lowest BCUT2D eigenvalue weighted by Gasteiger charge is -2.27. The Labute approximate surface area is 224 Å². The largest absolute Gasteiger partial charge is 0.453 e. The number of hydrogen-bond acceptors (Lipinski definition) is 6. The van der Waals surface area contributed by atoms with Crippen LogP contribution in [-0.2, 0) is 23.9 Å². The van der Waals surface area contributed by atoms with Crippen LogP contribution in [0.15, 0.2) is 0 Å². The molecular formula is C26H44F2N4O6. The molecule has 4 amide bonds. The number of Topliss-reactive ketones (excluding diaryl/α,β-unsaturated/α-hetero) is 1. The summed E-state index contributed by atoms with van der Waals surface area (Å²) in [5.41, 5.74) is 0. The molecule has 38 heavy (non-hydrogen) atoms. The summed E-state index contributed by atoms with van der Waals surface area (Å²) in [5, 5.41) is 7.43. The van der Waals surface area contributed by atoms with Gasteiger partial charge in [0.15, 0.2) is 0 Å². The second kappa shape index (κ2) is 15.6. The van der Waals surface area contributed by atoms with E-state index in [4.69, 9.17) is 0 Å². The second-order valence-electron chi connectivity index (χ2n) is 10.7. The van der Waals surface area contributed by atoms with Gasteiger partial charge in [-0.3, -0.25) is 19.2 Å². The number of alkyl halides is 2. The van der Waals surface area contributed by atoms with Gasteiger partial charge in [-0.05, 0) is 56.8 Å². The zero-order valence-corrected chi connectivity index (χ0v) is 23.4. The molecule has 0 aromatic rings. The van der Waals surface area contributed by atoms with Crippen LogP contribution < -0.4 is 16.0 Å². The number of nitrogens with one attached hydrogen (secondary N) is 3. The van der Waals surface area contributed by atoms with Gasteiger partial charge in [0, 0.05) is 19.0 Å². The van der Waals surface area contributed by atoms with Crippen molar-refractivity contribution in [3.63, 3.8) is 0 Å². The molecule has 0 aromatic heterocycles. The van der Waals surface area contributed by atoms with Gasteiger partial charge in [0.25, 0.3) is 5.91 Å². The highest BCUT2D eigenvalue weighted by Crippen LogP contribution is 2.44. The van der Waals surface area contributed by atoms with Crippen LogP contribution >= 0.6 is 0 Å². The molecule has 1 aliphatic heterocycles. The van der Waals surface area contributed by atoms with Crippen LogP contribution in [0.4, 0.5) is 13.6 Å². The highest BCUT2D eigenvalue weighted by Gasteiger charge is 2.48. The maximum Gasteiger partial charge on any atom is 0.407 e. The lowest BCUT2D eigenvalue weighted by Crippen LogP contribution is -2.52. The fourth-order valence-electron chi connectivity index (χ4n) is 3.62. The topological polar surface area (TPSA) is 134 Å². The second-order valence-corrected chi connectivity index (χ2v) is 10.7. The average Bonchev–Trinajstić information content (AvgIpc) is 3.79. The van der Waals surface area contributed by atoms with Crippen molar-refractivity contribution < 1.29 is 37.5 Å². The summed E-state index contributed by atoms with van der Waals surface area (Å²) in [6.45, 7) is 8.62. The smallest absolute Gasteiger partial charge is 0.407 e. The summed E-state index contributed by atoms with van der Waals surface area (Å²) in [7, 11) is 1.20. The van der Waals surface area contributed by atoms with Gasteiger partial charge in [-0.2, -0.15) is 0 Å². The SMILES string of the molecule is CC(C)C.CCC(C)(F)F.COC(=O)NCC(=O)N1CCC(C2CC2)C1C(=O)NCC(=O)C(=O)NC1CC1. The van der Waals surface area contributed by atoms with Crippen molar-refractivity contribution in [3.8, 4) is 0 Å². The minimum Gasteiger partial charge on any atom is -0.453 e. The Bertz CT molecular complexity index is 822. The first-order valence-corrected chi connectivity index (χ1v) is 13.3. The predicted molar refractivity (Wildman–Crippen MR) is 137 cm³/mol. The van der Waals surface area contributed by atoms with Gasteiger partial charge >= 0.3 is 6.09 Å². The van der Waals surface area contributed by atoms with Crippen molar-refractivity contribution in [1.29, 1.82) is 0 Å². The Kier molecular flexibility index (Phi) is 13.6. The van der Waals surface area contributed by atoms with Gasteiger partial charge in [0.1, 0.15) is 12.6 Å². The molecule has 1 heterocycles. The number of nitrogens with zero attached hydrogens (tertiary/aromatic N) is 1. The zero-order chi connectivity index (χ0) is 29.0. The molecule has 10 nitrogen and oxygen atoms in total. The predicted octanol–water partition coefficient (Wildman–Crippen LogP) is 2.65. The van der Waals surface area contributed by atoms with Crippen molar-refractivity contribution >= 4 is 29.6 Å². The molecule has 2 saturated carbocycles. The lowest BCUT2D eigenvalue weighted by molar-refractivity contribution is -0.140. The molecular weight excluding hydrogens is 502 g/mol. The minimum absolute atomic E-state index is 0.0254. The third kappa shape index (κ3) is 13.1. The van der Waals surface area contributed by atoms with Crippen LogP contribution in [0.3, 0.4) is 0 Å². The summed E-state index contributed by atoms with van der Waals surface area (Å²) < 4.78 is 27.4. The number of ether oxygens (including phenoxy) is 1. The summed E-state index contributed by atoms with van der Waals surface area (Å²) >= 11 is 0. The van der Waals surface area contributed by atoms with Gasteiger partial charge in [0.2, 0.25) is 23.5 Å². The number of ketones is 1. The summed E-state index contributed by atoms with van der Waals surface area (Å²) in [4.78, 5) is 61.5. The van der Waals surface area contributed by atoms with Crippen LogP contribution in [0, 0.1) is 17.8 Å². The first-order valence-electron chi connectivity index (χ1n) is 13.3. The van der Waals surface area contributed by atoms with Crippen molar-refractivity contribution in [2.24, 2.45) is 17.8 Å². The molecule has 0 bridgehead atoms. The van der Waals surface area contributed by atoms with E-state index in [9.17, 15) is 32.8 Å². The highest BCUT2D eigenvalue weighted by molar-refractivity contribution is 6.37. The molecule has 0 spiro atoms. The first kappa shape index (κ1) is 33.2. The van der Waals surface area contributed by atoms with Gasteiger partial charge in [0.05, 0.1) is 13.7 Å². The summed E-state index contributed by atoms with van der Waals surface area (Å²) in [5.74, 6) is -3.43. The molecule has 2 aliphatic carbocycles. The number of amides is 4. The van der Waals surface area contributed by atoms with Gasteiger partial charge in [-0.1, -0.05) is 27.7 Å². The molecule has 3 N–H and O–H groups in total. The maximum absolute atomic E-state index is 12.8. The lowest BCUT2D eigenvalue weighted by atomic mass is 9.94. The van der Waals surface area contributed by atoms with E-state index in [2.05, 4.69) is 41.5 Å². The van der Waals surface area contributed by atoms with Crippen molar-refractivity contribution in [2.45, 2.75) is 91.1 Å². The van der Waals surface area contributed by atoms with Crippen LogP contribution in [0.1, 0.15) is 73.1 Å². The molecule has 218 valence electrons. The Morgan fingerprint density at radius 1 is 0.974 bits per heavy atom. The number of carbonyl (C=O) groups excluding carboxylic acids is 5. The number of carbonyl (C=O) groups is 5. The molecule has 3 fully saturated rings. The van der Waals surface area contributed by atoms with E-state index in [1.165, 1.54) is 18.9 Å². The Balaban J connectivity index is 0.000000616. The number of halogens is 2.